The van der Waals surface area contributed by atoms with Gasteiger partial charge in [-0.3, -0.25) is 14.6 Å². The lowest BCUT2D eigenvalue weighted by Gasteiger charge is -2.16. The van der Waals surface area contributed by atoms with E-state index in [9.17, 15) is 9.59 Å². The van der Waals surface area contributed by atoms with Crippen LogP contribution >= 0.6 is 0 Å². The first kappa shape index (κ1) is 11.3. The molecule has 5 nitrogen and oxygen atoms in total. The van der Waals surface area contributed by atoms with Gasteiger partial charge in [0.1, 0.15) is 0 Å². The van der Waals surface area contributed by atoms with Crippen LogP contribution in [0.4, 0.5) is 0 Å². The smallest absolute Gasteiger partial charge is 0.273 e. The SMILES string of the molecule is CC(C)C(=O)N(N)C(=O)c1ccncc1. The summed E-state index contributed by atoms with van der Waals surface area (Å²) in [4.78, 5) is 26.8. The molecule has 0 aliphatic heterocycles. The highest BCUT2D eigenvalue weighted by atomic mass is 16.2. The molecule has 0 bridgehead atoms. The number of carbonyl (C=O) groups is 2. The van der Waals surface area contributed by atoms with Gasteiger partial charge in [0.15, 0.2) is 0 Å². The predicted molar refractivity (Wildman–Crippen MR) is 54.4 cm³/mol. The molecule has 0 aliphatic rings. The number of amides is 2. The Morgan fingerprint density at radius 1 is 1.33 bits per heavy atom. The minimum atomic E-state index is -0.518. The van der Waals surface area contributed by atoms with E-state index >= 15 is 0 Å². The molecule has 0 fully saturated rings. The van der Waals surface area contributed by atoms with Crippen molar-refractivity contribution in [3.8, 4) is 0 Å². The van der Waals surface area contributed by atoms with E-state index in [-0.39, 0.29) is 5.92 Å². The molecule has 1 heterocycles. The van der Waals surface area contributed by atoms with Gasteiger partial charge in [0, 0.05) is 23.9 Å². The number of nitrogens with two attached hydrogens (primary N) is 1. The number of rotatable bonds is 2. The molecular weight excluding hydrogens is 194 g/mol. The molecule has 0 atom stereocenters. The van der Waals surface area contributed by atoms with Crippen molar-refractivity contribution < 1.29 is 9.59 Å². The Hall–Kier alpha value is -1.75. The lowest BCUT2D eigenvalue weighted by molar-refractivity contribution is -0.132. The molecule has 1 rings (SSSR count). The first-order valence-electron chi connectivity index (χ1n) is 4.57. The summed E-state index contributed by atoms with van der Waals surface area (Å²) in [6.45, 7) is 3.37. The molecule has 0 saturated heterocycles. The first-order valence-corrected chi connectivity index (χ1v) is 4.57. The fraction of sp³-hybridized carbons (Fsp3) is 0.300. The normalized spacial score (nSPS) is 10.1. The lowest BCUT2D eigenvalue weighted by atomic mass is 10.2. The molecule has 0 spiro atoms. The predicted octanol–water partition coefficient (Wildman–Crippen LogP) is 0.580. The van der Waals surface area contributed by atoms with Gasteiger partial charge in [-0.2, -0.15) is 0 Å². The largest absolute Gasteiger partial charge is 0.274 e. The molecule has 1 aromatic heterocycles. The average molecular weight is 207 g/mol. The van der Waals surface area contributed by atoms with Gasteiger partial charge in [-0.05, 0) is 12.1 Å². The maximum Gasteiger partial charge on any atom is 0.274 e. The Labute approximate surface area is 87.9 Å². The highest BCUT2D eigenvalue weighted by Crippen LogP contribution is 2.04. The standard InChI is InChI=1S/C10H13N3O2/c1-7(2)9(14)13(11)10(15)8-3-5-12-6-4-8/h3-7H,11H2,1-2H3. The van der Waals surface area contributed by atoms with Gasteiger partial charge in [0.05, 0.1) is 0 Å². The van der Waals surface area contributed by atoms with E-state index in [1.54, 1.807) is 13.8 Å². The highest BCUT2D eigenvalue weighted by molar-refractivity contribution is 6.04. The van der Waals surface area contributed by atoms with Gasteiger partial charge in [-0.15, -0.1) is 0 Å². The second kappa shape index (κ2) is 4.65. The van der Waals surface area contributed by atoms with Gasteiger partial charge in [-0.1, -0.05) is 13.8 Å². The Kier molecular flexibility index (Phi) is 3.51. The van der Waals surface area contributed by atoms with Gasteiger partial charge >= 0.3 is 0 Å². The molecule has 0 aliphatic carbocycles. The maximum absolute atomic E-state index is 11.6. The van der Waals surface area contributed by atoms with Crippen LogP contribution < -0.4 is 5.84 Å². The van der Waals surface area contributed by atoms with Crippen molar-refractivity contribution in [2.24, 2.45) is 11.8 Å². The zero-order valence-corrected chi connectivity index (χ0v) is 8.68. The Bertz CT molecular complexity index is 362. The van der Waals surface area contributed by atoms with E-state index < -0.39 is 11.8 Å². The number of pyridine rings is 1. The molecule has 1 aromatic rings. The third-order valence-electron chi connectivity index (χ3n) is 1.88. The number of hydrazine groups is 1. The summed E-state index contributed by atoms with van der Waals surface area (Å²) in [5.41, 5.74) is 0.349. The molecular formula is C10H13N3O2. The molecule has 2 N–H and O–H groups in total. The summed E-state index contributed by atoms with van der Waals surface area (Å²) in [6.07, 6.45) is 2.95. The van der Waals surface area contributed by atoms with Crippen LogP contribution in [0.25, 0.3) is 0 Å². The zero-order chi connectivity index (χ0) is 11.4. The zero-order valence-electron chi connectivity index (χ0n) is 8.68. The van der Waals surface area contributed by atoms with Gasteiger partial charge < -0.3 is 0 Å². The second-order valence-corrected chi connectivity index (χ2v) is 3.40. The van der Waals surface area contributed by atoms with Gasteiger partial charge in [-0.25, -0.2) is 10.9 Å². The van der Waals surface area contributed by atoms with E-state index in [0.717, 1.165) is 0 Å². The van der Waals surface area contributed by atoms with Crippen molar-refractivity contribution in [1.29, 1.82) is 0 Å². The average Bonchev–Trinajstić information content (AvgIpc) is 2.27. The number of hydrogen-bond donors (Lipinski definition) is 1. The van der Waals surface area contributed by atoms with Crippen molar-refractivity contribution in [3.05, 3.63) is 30.1 Å². The fourth-order valence-corrected chi connectivity index (χ4v) is 1.01. The summed E-state index contributed by atoms with van der Waals surface area (Å²) in [7, 11) is 0. The Balaban J connectivity index is 2.82. The highest BCUT2D eigenvalue weighted by Gasteiger charge is 2.21. The van der Waals surface area contributed by atoms with E-state index in [1.165, 1.54) is 24.5 Å². The molecule has 2 amide bonds. The van der Waals surface area contributed by atoms with Crippen molar-refractivity contribution >= 4 is 11.8 Å². The molecule has 0 unspecified atom stereocenters. The third-order valence-corrected chi connectivity index (χ3v) is 1.88. The number of aromatic nitrogens is 1. The fourth-order valence-electron chi connectivity index (χ4n) is 1.01. The maximum atomic E-state index is 11.6. The van der Waals surface area contributed by atoms with E-state index in [1.807, 2.05) is 0 Å². The van der Waals surface area contributed by atoms with E-state index in [4.69, 9.17) is 5.84 Å². The summed E-state index contributed by atoms with van der Waals surface area (Å²) in [5.74, 6) is 4.18. The van der Waals surface area contributed by atoms with Crippen molar-refractivity contribution in [3.63, 3.8) is 0 Å². The van der Waals surface area contributed by atoms with Crippen LogP contribution in [0.15, 0.2) is 24.5 Å². The summed E-state index contributed by atoms with van der Waals surface area (Å²) < 4.78 is 0. The number of imide groups is 1. The lowest BCUT2D eigenvalue weighted by Crippen LogP contribution is -2.44. The minimum absolute atomic E-state index is 0.305. The summed E-state index contributed by atoms with van der Waals surface area (Å²) >= 11 is 0. The van der Waals surface area contributed by atoms with Gasteiger partial charge in [0.25, 0.3) is 5.91 Å². The van der Waals surface area contributed by atoms with Crippen LogP contribution in [-0.2, 0) is 4.79 Å². The Morgan fingerprint density at radius 3 is 2.33 bits per heavy atom. The van der Waals surface area contributed by atoms with Crippen LogP contribution in [0.3, 0.4) is 0 Å². The van der Waals surface area contributed by atoms with Crippen LogP contribution in [0.5, 0.6) is 0 Å². The van der Waals surface area contributed by atoms with Crippen molar-refractivity contribution in [2.75, 3.05) is 0 Å². The quantitative estimate of drug-likeness (QED) is 0.437. The molecule has 80 valence electrons. The van der Waals surface area contributed by atoms with Crippen molar-refractivity contribution in [1.82, 2.24) is 9.99 Å². The topological polar surface area (TPSA) is 76.3 Å². The second-order valence-electron chi connectivity index (χ2n) is 3.40. The summed E-state index contributed by atoms with van der Waals surface area (Å²) in [5, 5.41) is 0.639. The Morgan fingerprint density at radius 2 is 1.87 bits per heavy atom. The monoisotopic (exact) mass is 207 g/mol. The number of carbonyl (C=O) groups excluding carboxylic acids is 2. The molecule has 0 radical (unpaired) electrons. The van der Waals surface area contributed by atoms with E-state index in [2.05, 4.69) is 4.98 Å². The summed E-state index contributed by atoms with van der Waals surface area (Å²) in [6, 6.07) is 3.02. The van der Waals surface area contributed by atoms with Crippen molar-refractivity contribution in [2.45, 2.75) is 13.8 Å². The van der Waals surface area contributed by atoms with Crippen LogP contribution in [0, 0.1) is 5.92 Å². The van der Waals surface area contributed by atoms with Gasteiger partial charge in [0.2, 0.25) is 5.91 Å². The van der Waals surface area contributed by atoms with E-state index in [0.29, 0.717) is 10.6 Å². The number of hydrogen-bond acceptors (Lipinski definition) is 4. The minimum Gasteiger partial charge on any atom is -0.273 e. The van der Waals surface area contributed by atoms with Crippen LogP contribution in [0.1, 0.15) is 24.2 Å². The molecule has 0 aromatic carbocycles. The van der Waals surface area contributed by atoms with Crippen LogP contribution in [-0.4, -0.2) is 21.8 Å². The third kappa shape index (κ3) is 2.60. The first-order chi connectivity index (χ1) is 7.04. The molecule has 5 heteroatoms. The number of nitrogens with zero attached hydrogens (tertiary/aromatic N) is 2. The molecule has 0 saturated carbocycles. The van der Waals surface area contributed by atoms with Crippen LogP contribution in [0.2, 0.25) is 0 Å². The molecule has 15 heavy (non-hydrogen) atoms.